The SMILES string of the molecule is CCCCCCCCCCCCCCCCCC(=O)ON(N)C(=N)N. The van der Waals surface area contributed by atoms with Crippen molar-refractivity contribution in [3.63, 3.8) is 0 Å². The van der Waals surface area contributed by atoms with Gasteiger partial charge in [0.25, 0.3) is 0 Å². The van der Waals surface area contributed by atoms with Crippen molar-refractivity contribution in [2.24, 2.45) is 11.6 Å². The zero-order chi connectivity index (χ0) is 18.8. The average molecular weight is 357 g/mol. The first-order valence-corrected chi connectivity index (χ1v) is 10.2. The van der Waals surface area contributed by atoms with E-state index in [2.05, 4.69) is 11.8 Å². The van der Waals surface area contributed by atoms with Crippen molar-refractivity contribution >= 4 is 11.9 Å². The van der Waals surface area contributed by atoms with Crippen molar-refractivity contribution in [3.8, 4) is 0 Å². The van der Waals surface area contributed by atoms with Crippen molar-refractivity contribution in [2.75, 3.05) is 0 Å². The molecule has 0 aromatic rings. The van der Waals surface area contributed by atoms with Gasteiger partial charge in [0, 0.05) is 6.42 Å². The van der Waals surface area contributed by atoms with Crippen molar-refractivity contribution < 1.29 is 9.63 Å². The molecule has 0 radical (unpaired) electrons. The highest BCUT2D eigenvalue weighted by molar-refractivity contribution is 5.76. The van der Waals surface area contributed by atoms with Gasteiger partial charge in [-0.25, -0.2) is 10.6 Å². The lowest BCUT2D eigenvalue weighted by atomic mass is 10.0. The van der Waals surface area contributed by atoms with E-state index >= 15 is 0 Å². The van der Waals surface area contributed by atoms with E-state index in [9.17, 15) is 4.79 Å². The van der Waals surface area contributed by atoms with Gasteiger partial charge in [-0.15, -0.1) is 5.17 Å². The minimum absolute atomic E-state index is 0.319. The fourth-order valence-electron chi connectivity index (χ4n) is 2.85. The summed E-state index contributed by atoms with van der Waals surface area (Å²) in [5.74, 6) is 4.29. The van der Waals surface area contributed by atoms with E-state index in [1.54, 1.807) is 0 Å². The molecule has 0 fully saturated rings. The summed E-state index contributed by atoms with van der Waals surface area (Å²) in [4.78, 5) is 16.0. The number of carbonyl (C=O) groups is 1. The largest absolute Gasteiger partial charge is 0.366 e. The molecule has 0 aromatic heterocycles. The average Bonchev–Trinajstić information content (AvgIpc) is 2.58. The predicted octanol–water partition coefficient (Wildman–Crippen LogP) is 4.78. The molecule has 0 aliphatic heterocycles. The van der Waals surface area contributed by atoms with E-state index in [0.717, 1.165) is 19.3 Å². The number of hydrazine groups is 1. The highest BCUT2D eigenvalue weighted by Gasteiger charge is 2.08. The molecular formula is C19H40N4O2. The third-order valence-electron chi connectivity index (χ3n) is 4.42. The molecule has 5 N–H and O–H groups in total. The van der Waals surface area contributed by atoms with E-state index in [1.807, 2.05) is 0 Å². The van der Waals surface area contributed by atoms with Gasteiger partial charge < -0.3 is 10.6 Å². The number of unbranched alkanes of at least 4 members (excludes halogenated alkanes) is 14. The van der Waals surface area contributed by atoms with Crippen molar-refractivity contribution in [2.45, 2.75) is 110 Å². The molecule has 0 atom stereocenters. The Labute approximate surface area is 154 Å². The zero-order valence-electron chi connectivity index (χ0n) is 16.2. The van der Waals surface area contributed by atoms with Crippen LogP contribution in [-0.2, 0) is 9.63 Å². The molecule has 0 unspecified atom stereocenters. The molecule has 25 heavy (non-hydrogen) atoms. The topological polar surface area (TPSA) is 105 Å². The standard InChI is InChI=1S/C19H40N4O2/c1-2-3-4-5-6-7-8-9-10-11-12-13-14-15-16-17-18(24)25-23(22)19(20)21/h2-17,22H2,1H3,(H3,20,21). The van der Waals surface area contributed by atoms with Crippen LogP contribution >= 0.6 is 0 Å². The molecule has 0 aliphatic rings. The van der Waals surface area contributed by atoms with Gasteiger partial charge in [0.2, 0.25) is 5.96 Å². The molecule has 6 nitrogen and oxygen atoms in total. The molecule has 0 rings (SSSR count). The van der Waals surface area contributed by atoms with Gasteiger partial charge in [-0.3, -0.25) is 5.41 Å². The van der Waals surface area contributed by atoms with Crippen molar-refractivity contribution in [1.82, 2.24) is 5.17 Å². The third kappa shape index (κ3) is 17.3. The maximum atomic E-state index is 11.4. The smallest absolute Gasteiger partial charge is 0.334 e. The summed E-state index contributed by atoms with van der Waals surface area (Å²) in [6.45, 7) is 2.26. The molecule has 0 amide bonds. The summed E-state index contributed by atoms with van der Waals surface area (Å²) in [6.07, 6.45) is 19.7. The first-order chi connectivity index (χ1) is 12.1. The Morgan fingerprint density at radius 1 is 0.800 bits per heavy atom. The van der Waals surface area contributed by atoms with Crippen LogP contribution in [0, 0.1) is 5.41 Å². The molecule has 0 aliphatic carbocycles. The Kier molecular flexibility index (Phi) is 16.6. The van der Waals surface area contributed by atoms with Gasteiger partial charge in [-0.2, -0.15) is 0 Å². The summed E-state index contributed by atoms with van der Waals surface area (Å²) >= 11 is 0. The van der Waals surface area contributed by atoms with Crippen LogP contribution in [0.5, 0.6) is 0 Å². The van der Waals surface area contributed by atoms with Crippen LogP contribution in [-0.4, -0.2) is 17.1 Å². The second-order valence-electron chi connectivity index (χ2n) is 6.87. The number of guanidine groups is 1. The lowest BCUT2D eigenvalue weighted by molar-refractivity contribution is -0.174. The van der Waals surface area contributed by atoms with Crippen LogP contribution in [0.2, 0.25) is 0 Å². The van der Waals surface area contributed by atoms with Crippen LogP contribution in [0.4, 0.5) is 0 Å². The Morgan fingerprint density at radius 2 is 1.16 bits per heavy atom. The Bertz CT molecular complexity index is 337. The van der Waals surface area contributed by atoms with E-state index in [0.29, 0.717) is 11.6 Å². The van der Waals surface area contributed by atoms with Gasteiger partial charge in [-0.05, 0) is 6.42 Å². The third-order valence-corrected chi connectivity index (χ3v) is 4.42. The van der Waals surface area contributed by atoms with Gasteiger partial charge in [-0.1, -0.05) is 96.8 Å². The minimum Gasteiger partial charge on any atom is -0.366 e. The molecule has 0 aromatic carbocycles. The van der Waals surface area contributed by atoms with Gasteiger partial charge in [0.1, 0.15) is 0 Å². The lowest BCUT2D eigenvalue weighted by Crippen LogP contribution is -2.43. The quantitative estimate of drug-likeness (QED) is 0.121. The minimum atomic E-state index is -0.482. The first kappa shape index (κ1) is 23.7. The number of hydrogen-bond acceptors (Lipinski definition) is 4. The number of hydroxylamine groups is 1. The second kappa shape index (κ2) is 17.5. The second-order valence-corrected chi connectivity index (χ2v) is 6.87. The van der Waals surface area contributed by atoms with Crippen LogP contribution in [0.1, 0.15) is 110 Å². The van der Waals surface area contributed by atoms with Gasteiger partial charge in [0.05, 0.1) is 0 Å². The maximum Gasteiger partial charge on any atom is 0.334 e. The monoisotopic (exact) mass is 356 g/mol. The van der Waals surface area contributed by atoms with Crippen LogP contribution in [0.15, 0.2) is 0 Å². The van der Waals surface area contributed by atoms with Gasteiger partial charge in [0.15, 0.2) is 0 Å². The normalized spacial score (nSPS) is 10.6. The van der Waals surface area contributed by atoms with Crippen LogP contribution < -0.4 is 11.6 Å². The summed E-state index contributed by atoms with van der Waals surface area (Å²) < 4.78 is 0. The number of nitrogens with one attached hydrogen (secondary N) is 1. The van der Waals surface area contributed by atoms with Crippen molar-refractivity contribution in [3.05, 3.63) is 0 Å². The summed E-state index contributed by atoms with van der Waals surface area (Å²) in [5.41, 5.74) is 5.08. The molecule has 0 bridgehead atoms. The lowest BCUT2D eigenvalue weighted by Gasteiger charge is -2.14. The molecule has 0 spiro atoms. The molecule has 0 saturated carbocycles. The van der Waals surface area contributed by atoms with Gasteiger partial charge >= 0.3 is 5.97 Å². The molecule has 0 saturated heterocycles. The summed E-state index contributed by atoms with van der Waals surface area (Å²) in [6, 6.07) is 0. The van der Waals surface area contributed by atoms with E-state index in [1.165, 1.54) is 77.0 Å². The number of nitrogens with two attached hydrogens (primary N) is 2. The maximum absolute atomic E-state index is 11.4. The van der Waals surface area contributed by atoms with Crippen LogP contribution in [0.25, 0.3) is 0 Å². The van der Waals surface area contributed by atoms with E-state index < -0.39 is 11.9 Å². The first-order valence-electron chi connectivity index (χ1n) is 10.2. The highest BCUT2D eigenvalue weighted by Crippen LogP contribution is 2.13. The Hall–Kier alpha value is -1.30. The molecular weight excluding hydrogens is 316 g/mol. The fraction of sp³-hybridized carbons (Fsp3) is 0.895. The number of hydrogen-bond donors (Lipinski definition) is 3. The summed E-state index contributed by atoms with van der Waals surface area (Å²) in [5, 5.41) is 7.48. The van der Waals surface area contributed by atoms with Crippen molar-refractivity contribution in [1.29, 1.82) is 5.41 Å². The number of rotatable bonds is 16. The molecule has 0 heterocycles. The predicted molar refractivity (Wildman–Crippen MR) is 104 cm³/mol. The zero-order valence-corrected chi connectivity index (χ0v) is 16.2. The molecule has 148 valence electrons. The summed E-state index contributed by atoms with van der Waals surface area (Å²) in [7, 11) is 0. The Morgan fingerprint density at radius 3 is 1.52 bits per heavy atom. The molecule has 6 heteroatoms. The van der Waals surface area contributed by atoms with Crippen LogP contribution in [0.3, 0.4) is 0 Å². The van der Waals surface area contributed by atoms with E-state index in [-0.39, 0.29) is 0 Å². The Balaban J connectivity index is 3.19. The number of nitrogens with zero attached hydrogens (tertiary/aromatic N) is 1. The highest BCUT2D eigenvalue weighted by atomic mass is 16.7. The number of carbonyl (C=O) groups excluding carboxylic acids is 1. The van der Waals surface area contributed by atoms with E-state index in [4.69, 9.17) is 17.0 Å². The fourth-order valence-corrected chi connectivity index (χ4v) is 2.85.